The number of nitrogens with one attached hydrogen (secondary N) is 1. The van der Waals surface area contributed by atoms with Crippen molar-refractivity contribution in [3.05, 3.63) is 64.7 Å². The molecule has 0 unspecified atom stereocenters. The predicted octanol–water partition coefficient (Wildman–Crippen LogP) is 3.47. The lowest BCUT2D eigenvalue weighted by Crippen LogP contribution is -2.37. The van der Waals surface area contributed by atoms with Crippen molar-refractivity contribution in [1.29, 1.82) is 0 Å². The number of benzene rings is 2. The molecule has 2 amide bonds. The van der Waals surface area contributed by atoms with Gasteiger partial charge in [-0.2, -0.15) is 0 Å². The van der Waals surface area contributed by atoms with Gasteiger partial charge in [-0.05, 0) is 23.3 Å². The Morgan fingerprint density at radius 2 is 1.86 bits per heavy atom. The van der Waals surface area contributed by atoms with Crippen molar-refractivity contribution in [3.63, 3.8) is 0 Å². The lowest BCUT2D eigenvalue weighted by molar-refractivity contribution is 0.0341. The molecule has 1 aliphatic heterocycles. The molecule has 2 heterocycles. The van der Waals surface area contributed by atoms with Crippen molar-refractivity contribution in [1.82, 2.24) is 20.1 Å². The monoisotopic (exact) mass is 410 g/mol. The van der Waals surface area contributed by atoms with Crippen LogP contribution in [0.25, 0.3) is 10.2 Å². The van der Waals surface area contributed by atoms with E-state index in [4.69, 9.17) is 4.74 Å². The number of morpholine rings is 1. The Morgan fingerprint density at radius 1 is 1.14 bits per heavy atom. The number of nitrogens with zero attached hydrogens (tertiary/aromatic N) is 3. The van der Waals surface area contributed by atoms with Crippen molar-refractivity contribution < 1.29 is 9.53 Å². The van der Waals surface area contributed by atoms with Gasteiger partial charge in [0.15, 0.2) is 0 Å². The molecule has 0 saturated carbocycles. The molecule has 0 radical (unpaired) electrons. The molecule has 1 aliphatic rings. The number of thiazole rings is 1. The number of rotatable bonds is 6. The normalized spacial score (nSPS) is 14.8. The maximum atomic E-state index is 12.6. The molecule has 4 rings (SSSR count). The highest BCUT2D eigenvalue weighted by Crippen LogP contribution is 2.22. The first-order valence-corrected chi connectivity index (χ1v) is 10.7. The largest absolute Gasteiger partial charge is 0.379 e. The van der Waals surface area contributed by atoms with Gasteiger partial charge in [-0.1, -0.05) is 36.4 Å². The SMILES string of the molecule is CN(Cc1nc2ccccc2s1)C(=O)NCc1ccccc1CN1CCOCC1. The number of amides is 2. The van der Waals surface area contributed by atoms with Crippen molar-refractivity contribution in [2.45, 2.75) is 19.6 Å². The molecule has 6 nitrogen and oxygen atoms in total. The van der Waals surface area contributed by atoms with E-state index in [9.17, 15) is 4.79 Å². The summed E-state index contributed by atoms with van der Waals surface area (Å²) in [4.78, 5) is 21.3. The van der Waals surface area contributed by atoms with E-state index >= 15 is 0 Å². The molecule has 1 aromatic heterocycles. The van der Waals surface area contributed by atoms with E-state index < -0.39 is 0 Å². The summed E-state index contributed by atoms with van der Waals surface area (Å²) >= 11 is 1.63. The van der Waals surface area contributed by atoms with Crippen LogP contribution >= 0.6 is 11.3 Å². The van der Waals surface area contributed by atoms with E-state index in [0.29, 0.717) is 13.1 Å². The lowest BCUT2D eigenvalue weighted by Gasteiger charge is -2.27. The Morgan fingerprint density at radius 3 is 2.66 bits per heavy atom. The van der Waals surface area contributed by atoms with Crippen LogP contribution in [0.3, 0.4) is 0 Å². The van der Waals surface area contributed by atoms with Gasteiger partial charge >= 0.3 is 6.03 Å². The molecule has 0 spiro atoms. The Balaban J connectivity index is 1.34. The standard InChI is InChI=1S/C22H26N4O2S/c1-25(16-21-24-19-8-4-5-9-20(19)29-21)22(27)23-14-17-6-2-3-7-18(17)15-26-10-12-28-13-11-26/h2-9H,10-16H2,1H3,(H,23,27). The second kappa shape index (κ2) is 9.35. The van der Waals surface area contributed by atoms with Gasteiger partial charge in [0.25, 0.3) is 0 Å². The minimum absolute atomic E-state index is 0.0922. The minimum atomic E-state index is -0.0922. The fourth-order valence-corrected chi connectivity index (χ4v) is 4.47. The Labute approximate surface area is 175 Å². The Bertz CT molecular complexity index is 935. The fourth-order valence-electron chi connectivity index (χ4n) is 3.45. The van der Waals surface area contributed by atoms with Gasteiger partial charge in [-0.3, -0.25) is 4.90 Å². The quantitative estimate of drug-likeness (QED) is 0.676. The summed E-state index contributed by atoms with van der Waals surface area (Å²) in [5.41, 5.74) is 3.39. The van der Waals surface area contributed by atoms with Gasteiger partial charge in [0.1, 0.15) is 5.01 Å². The molecule has 0 bridgehead atoms. The van der Waals surface area contributed by atoms with E-state index in [1.165, 1.54) is 5.56 Å². The van der Waals surface area contributed by atoms with Crippen molar-refractivity contribution in [2.24, 2.45) is 0 Å². The second-order valence-corrected chi connectivity index (χ2v) is 8.36. The van der Waals surface area contributed by atoms with Gasteiger partial charge in [-0.25, -0.2) is 9.78 Å². The number of para-hydroxylation sites is 1. The zero-order valence-corrected chi connectivity index (χ0v) is 17.5. The van der Waals surface area contributed by atoms with E-state index in [1.54, 1.807) is 23.3 Å². The maximum Gasteiger partial charge on any atom is 0.317 e. The topological polar surface area (TPSA) is 57.7 Å². The van der Waals surface area contributed by atoms with Crippen LogP contribution in [0.2, 0.25) is 0 Å². The van der Waals surface area contributed by atoms with Crippen LogP contribution in [0.15, 0.2) is 48.5 Å². The van der Waals surface area contributed by atoms with Crippen molar-refractivity contribution in [3.8, 4) is 0 Å². The van der Waals surface area contributed by atoms with E-state index in [2.05, 4.69) is 39.5 Å². The molecule has 1 N–H and O–H groups in total. The molecule has 0 aliphatic carbocycles. The molecule has 29 heavy (non-hydrogen) atoms. The minimum Gasteiger partial charge on any atom is -0.379 e. The van der Waals surface area contributed by atoms with Gasteiger partial charge < -0.3 is 15.0 Å². The summed E-state index contributed by atoms with van der Waals surface area (Å²) in [6.07, 6.45) is 0. The summed E-state index contributed by atoms with van der Waals surface area (Å²) in [7, 11) is 1.81. The molecular weight excluding hydrogens is 384 g/mol. The number of aromatic nitrogens is 1. The second-order valence-electron chi connectivity index (χ2n) is 7.25. The van der Waals surface area contributed by atoms with Crippen molar-refractivity contribution in [2.75, 3.05) is 33.4 Å². The van der Waals surface area contributed by atoms with Crippen LogP contribution in [0.5, 0.6) is 0 Å². The molecule has 0 atom stereocenters. The number of hydrogen-bond donors (Lipinski definition) is 1. The molecule has 7 heteroatoms. The van der Waals surface area contributed by atoms with E-state index in [-0.39, 0.29) is 6.03 Å². The zero-order chi connectivity index (χ0) is 20.1. The Hall–Kier alpha value is -2.48. The number of ether oxygens (including phenoxy) is 1. The lowest BCUT2D eigenvalue weighted by atomic mass is 10.1. The average Bonchev–Trinajstić information content (AvgIpc) is 3.16. The number of carbonyl (C=O) groups excluding carboxylic acids is 1. The van der Waals surface area contributed by atoms with Crippen LogP contribution in [-0.2, 0) is 24.4 Å². The molecule has 2 aromatic carbocycles. The summed E-state index contributed by atoms with van der Waals surface area (Å²) in [5, 5.41) is 3.99. The first-order chi connectivity index (χ1) is 14.2. The number of carbonyl (C=O) groups is 1. The molecule has 152 valence electrons. The summed E-state index contributed by atoms with van der Waals surface area (Å²) in [6, 6.07) is 16.3. The molecule has 1 saturated heterocycles. The molecular formula is C22H26N4O2S. The molecule has 3 aromatic rings. The third-order valence-electron chi connectivity index (χ3n) is 5.10. The number of hydrogen-bond acceptors (Lipinski definition) is 5. The summed E-state index contributed by atoms with van der Waals surface area (Å²) in [5.74, 6) is 0. The van der Waals surface area contributed by atoms with Gasteiger partial charge in [0.05, 0.1) is 30.0 Å². The third-order valence-corrected chi connectivity index (χ3v) is 6.12. The number of fused-ring (bicyclic) bond motifs is 1. The summed E-state index contributed by atoms with van der Waals surface area (Å²) < 4.78 is 6.58. The van der Waals surface area contributed by atoms with Gasteiger partial charge in [-0.15, -0.1) is 11.3 Å². The Kier molecular flexibility index (Phi) is 6.39. The predicted molar refractivity (Wildman–Crippen MR) is 116 cm³/mol. The van der Waals surface area contributed by atoms with Crippen LogP contribution in [0.1, 0.15) is 16.1 Å². The first kappa shape index (κ1) is 19.8. The average molecular weight is 411 g/mol. The van der Waals surface area contributed by atoms with Gasteiger partial charge in [0, 0.05) is 33.2 Å². The van der Waals surface area contributed by atoms with Gasteiger partial charge in [0.2, 0.25) is 0 Å². The fraction of sp³-hybridized carbons (Fsp3) is 0.364. The smallest absolute Gasteiger partial charge is 0.317 e. The summed E-state index contributed by atoms with van der Waals surface area (Å²) in [6.45, 7) is 5.38. The van der Waals surface area contributed by atoms with Crippen LogP contribution < -0.4 is 5.32 Å². The highest BCUT2D eigenvalue weighted by molar-refractivity contribution is 7.18. The molecule has 1 fully saturated rings. The van der Waals surface area contributed by atoms with Crippen LogP contribution in [0, 0.1) is 0 Å². The highest BCUT2D eigenvalue weighted by Gasteiger charge is 2.15. The zero-order valence-electron chi connectivity index (χ0n) is 16.6. The number of urea groups is 1. The third kappa shape index (κ3) is 5.12. The first-order valence-electron chi connectivity index (χ1n) is 9.89. The van der Waals surface area contributed by atoms with Crippen molar-refractivity contribution >= 4 is 27.6 Å². The van der Waals surface area contributed by atoms with E-state index in [1.807, 2.05) is 24.3 Å². The van der Waals surface area contributed by atoms with Crippen LogP contribution in [0.4, 0.5) is 4.79 Å². The van der Waals surface area contributed by atoms with E-state index in [0.717, 1.165) is 53.6 Å². The highest BCUT2D eigenvalue weighted by atomic mass is 32.1. The van der Waals surface area contributed by atoms with Crippen LogP contribution in [-0.4, -0.2) is 54.2 Å². The maximum absolute atomic E-state index is 12.6.